The molecule has 0 radical (unpaired) electrons. The van der Waals surface area contributed by atoms with E-state index in [2.05, 4.69) is 4.98 Å². The summed E-state index contributed by atoms with van der Waals surface area (Å²) in [5.41, 5.74) is 6.95. The first-order valence-electron chi connectivity index (χ1n) is 10.3. The van der Waals surface area contributed by atoms with Crippen LogP contribution in [-0.2, 0) is 9.53 Å². The fourth-order valence-electron chi connectivity index (χ4n) is 3.80. The third-order valence-electron chi connectivity index (χ3n) is 5.41. The van der Waals surface area contributed by atoms with E-state index in [-0.39, 0.29) is 23.1 Å². The number of pyridine rings is 1. The summed E-state index contributed by atoms with van der Waals surface area (Å²) in [6.45, 7) is 5.86. The van der Waals surface area contributed by atoms with E-state index in [0.717, 1.165) is 5.56 Å². The molecule has 170 valence electrons. The monoisotopic (exact) mass is 441 g/mol. The molecular formula is C23H27N3O6. The molecule has 1 aliphatic heterocycles. The van der Waals surface area contributed by atoms with Crippen molar-refractivity contribution in [2.45, 2.75) is 39.3 Å². The summed E-state index contributed by atoms with van der Waals surface area (Å²) in [6, 6.07) is 7.12. The van der Waals surface area contributed by atoms with Gasteiger partial charge in [0.1, 0.15) is 0 Å². The largest absolute Gasteiger partial charge is 0.493 e. The molecule has 2 amide bonds. The second kappa shape index (κ2) is 9.67. The van der Waals surface area contributed by atoms with E-state index < -0.39 is 18.1 Å². The van der Waals surface area contributed by atoms with Crippen LogP contribution in [0.25, 0.3) is 0 Å². The Morgan fingerprint density at radius 2 is 1.97 bits per heavy atom. The predicted molar refractivity (Wildman–Crippen MR) is 116 cm³/mol. The van der Waals surface area contributed by atoms with E-state index in [9.17, 15) is 14.4 Å². The van der Waals surface area contributed by atoms with E-state index in [4.69, 9.17) is 19.9 Å². The number of hydrogen-bond acceptors (Lipinski definition) is 7. The lowest BCUT2D eigenvalue weighted by Crippen LogP contribution is -2.37. The van der Waals surface area contributed by atoms with Crippen LogP contribution in [0.5, 0.6) is 11.5 Å². The number of carbonyl (C=O) groups excluding carboxylic acids is 3. The lowest BCUT2D eigenvalue weighted by atomic mass is 9.97. The Morgan fingerprint density at radius 3 is 2.56 bits per heavy atom. The first-order valence-corrected chi connectivity index (χ1v) is 10.3. The number of carbonyl (C=O) groups is 3. The molecule has 2 atom stereocenters. The van der Waals surface area contributed by atoms with Gasteiger partial charge in [0.25, 0.3) is 0 Å². The van der Waals surface area contributed by atoms with Gasteiger partial charge in [-0.25, -0.2) is 9.78 Å². The van der Waals surface area contributed by atoms with E-state index in [1.165, 1.54) is 24.1 Å². The Labute approximate surface area is 186 Å². The van der Waals surface area contributed by atoms with Crippen molar-refractivity contribution in [2.24, 2.45) is 5.73 Å². The van der Waals surface area contributed by atoms with Crippen LogP contribution < -0.4 is 15.2 Å². The number of methoxy groups -OCH3 is 1. The van der Waals surface area contributed by atoms with Crippen LogP contribution in [0.15, 0.2) is 30.5 Å². The summed E-state index contributed by atoms with van der Waals surface area (Å²) in [5.74, 6) is -0.295. The van der Waals surface area contributed by atoms with Crippen LogP contribution in [0.1, 0.15) is 58.2 Å². The zero-order valence-corrected chi connectivity index (χ0v) is 18.6. The predicted octanol–water partition coefficient (Wildman–Crippen LogP) is 2.42. The van der Waals surface area contributed by atoms with Crippen molar-refractivity contribution < 1.29 is 28.6 Å². The molecule has 0 bridgehead atoms. The highest BCUT2D eigenvalue weighted by Gasteiger charge is 2.38. The molecule has 0 aliphatic carbocycles. The Kier molecular flexibility index (Phi) is 6.97. The number of nitrogens with two attached hydrogens (primary N) is 1. The number of nitrogens with zero attached hydrogens (tertiary/aromatic N) is 2. The second-order valence-electron chi connectivity index (χ2n) is 7.56. The van der Waals surface area contributed by atoms with Gasteiger partial charge in [0, 0.05) is 32.0 Å². The molecule has 9 nitrogen and oxygen atoms in total. The smallest absolute Gasteiger partial charge is 0.359 e. The zero-order chi connectivity index (χ0) is 23.4. The summed E-state index contributed by atoms with van der Waals surface area (Å²) < 4.78 is 16.7. The summed E-state index contributed by atoms with van der Waals surface area (Å²) in [5, 5.41) is 0. The van der Waals surface area contributed by atoms with Crippen molar-refractivity contribution in [1.82, 2.24) is 9.88 Å². The number of aromatic nitrogens is 1. The number of aryl methyl sites for hydroxylation is 1. The standard InChI is InChI=1S/C23H27N3O6/c1-5-31-19-9-15(6-7-18(19)30-4)17-10-20(26(12-17)14(3)27)32-23(29)21-13(2)8-16(11-25-21)22(24)28/h6-9,11,17,20H,5,10,12H2,1-4H3,(H2,24,28)/t17-,20-/m1/s1. The molecule has 32 heavy (non-hydrogen) atoms. The van der Waals surface area contributed by atoms with Gasteiger partial charge >= 0.3 is 5.97 Å². The summed E-state index contributed by atoms with van der Waals surface area (Å²) >= 11 is 0. The molecule has 2 N–H and O–H groups in total. The molecule has 0 unspecified atom stereocenters. The van der Waals surface area contributed by atoms with E-state index in [1.54, 1.807) is 14.0 Å². The van der Waals surface area contributed by atoms with Gasteiger partial charge in [-0.05, 0) is 43.2 Å². The van der Waals surface area contributed by atoms with E-state index in [1.807, 2.05) is 25.1 Å². The number of primary amides is 1. The molecule has 0 saturated carbocycles. The Hall–Kier alpha value is -3.62. The summed E-state index contributed by atoms with van der Waals surface area (Å²) in [7, 11) is 1.58. The summed E-state index contributed by atoms with van der Waals surface area (Å²) in [6.07, 6.45) is 0.931. The molecule has 1 aromatic heterocycles. The Balaban J connectivity index is 1.80. The molecule has 1 fully saturated rings. The highest BCUT2D eigenvalue weighted by atomic mass is 16.6. The molecule has 9 heteroatoms. The van der Waals surface area contributed by atoms with Gasteiger partial charge in [-0.1, -0.05) is 6.07 Å². The molecule has 1 aliphatic rings. The van der Waals surface area contributed by atoms with Gasteiger partial charge in [-0.3, -0.25) is 9.59 Å². The minimum absolute atomic E-state index is 0.0480. The maximum atomic E-state index is 12.8. The first-order chi connectivity index (χ1) is 15.2. The molecule has 0 spiro atoms. The minimum atomic E-state index is -0.736. The van der Waals surface area contributed by atoms with Crippen molar-refractivity contribution >= 4 is 17.8 Å². The quantitative estimate of drug-likeness (QED) is 0.655. The number of esters is 1. The van der Waals surface area contributed by atoms with Crippen molar-refractivity contribution in [3.63, 3.8) is 0 Å². The van der Waals surface area contributed by atoms with Gasteiger partial charge in [0.05, 0.1) is 19.3 Å². The molecule has 1 saturated heterocycles. The molecular weight excluding hydrogens is 414 g/mol. The first kappa shape index (κ1) is 23.1. The average Bonchev–Trinajstić information content (AvgIpc) is 3.17. The molecule has 2 heterocycles. The maximum Gasteiger partial charge on any atom is 0.359 e. The number of amides is 2. The van der Waals surface area contributed by atoms with E-state index >= 15 is 0 Å². The zero-order valence-electron chi connectivity index (χ0n) is 18.6. The minimum Gasteiger partial charge on any atom is -0.493 e. The Bertz CT molecular complexity index is 1040. The average molecular weight is 441 g/mol. The van der Waals surface area contributed by atoms with Crippen LogP contribution in [0.3, 0.4) is 0 Å². The maximum absolute atomic E-state index is 12.8. The van der Waals surface area contributed by atoms with Gasteiger partial charge in [0.15, 0.2) is 23.4 Å². The van der Waals surface area contributed by atoms with Gasteiger partial charge in [-0.15, -0.1) is 0 Å². The van der Waals surface area contributed by atoms with Crippen LogP contribution >= 0.6 is 0 Å². The number of benzene rings is 1. The fourth-order valence-corrected chi connectivity index (χ4v) is 3.80. The Morgan fingerprint density at radius 1 is 1.22 bits per heavy atom. The summed E-state index contributed by atoms with van der Waals surface area (Å²) in [4.78, 5) is 41.9. The van der Waals surface area contributed by atoms with Gasteiger partial charge < -0.3 is 24.8 Å². The van der Waals surface area contributed by atoms with E-state index in [0.29, 0.717) is 36.6 Å². The lowest BCUT2D eigenvalue weighted by molar-refractivity contribution is -0.135. The van der Waals surface area contributed by atoms with Crippen molar-refractivity contribution in [3.05, 3.63) is 52.8 Å². The molecule has 2 aromatic rings. The number of rotatable bonds is 7. The van der Waals surface area contributed by atoms with Crippen LogP contribution in [0.2, 0.25) is 0 Å². The number of likely N-dealkylation sites (tertiary alicyclic amines) is 1. The number of ether oxygens (including phenoxy) is 3. The van der Waals surface area contributed by atoms with Crippen molar-refractivity contribution in [3.8, 4) is 11.5 Å². The third-order valence-corrected chi connectivity index (χ3v) is 5.41. The van der Waals surface area contributed by atoms with Crippen molar-refractivity contribution in [1.29, 1.82) is 0 Å². The topological polar surface area (TPSA) is 121 Å². The lowest BCUT2D eigenvalue weighted by Gasteiger charge is -2.23. The second-order valence-corrected chi connectivity index (χ2v) is 7.56. The van der Waals surface area contributed by atoms with Gasteiger partial charge in [-0.2, -0.15) is 0 Å². The van der Waals surface area contributed by atoms with Crippen LogP contribution in [0, 0.1) is 6.92 Å². The van der Waals surface area contributed by atoms with Gasteiger partial charge in [0.2, 0.25) is 11.8 Å². The fraction of sp³-hybridized carbons (Fsp3) is 0.391. The SMILES string of the molecule is CCOc1cc([C@@H]2C[C@@H](OC(=O)c3ncc(C(N)=O)cc3C)N(C(C)=O)C2)ccc1OC. The van der Waals surface area contributed by atoms with Crippen molar-refractivity contribution in [2.75, 3.05) is 20.3 Å². The highest BCUT2D eigenvalue weighted by Crippen LogP contribution is 2.37. The van der Waals surface area contributed by atoms with Crippen LogP contribution in [0.4, 0.5) is 0 Å². The number of hydrogen-bond donors (Lipinski definition) is 1. The highest BCUT2D eigenvalue weighted by molar-refractivity contribution is 5.94. The third kappa shape index (κ3) is 4.82. The normalized spacial score (nSPS) is 17.7. The van der Waals surface area contributed by atoms with Crippen LogP contribution in [-0.4, -0.2) is 54.2 Å². The molecule has 1 aromatic carbocycles. The molecule has 3 rings (SSSR count).